The zero-order valence-corrected chi connectivity index (χ0v) is 16.0. The van der Waals surface area contributed by atoms with Crippen molar-refractivity contribution in [3.05, 3.63) is 36.2 Å². The van der Waals surface area contributed by atoms with E-state index in [1.165, 1.54) is 4.68 Å². The SMILES string of the molecule is Cc1cc(NS(=O)(=O)CC2(OC(C)C)CCOC2)n(-c2ccccn2)n1. The van der Waals surface area contributed by atoms with E-state index in [1.807, 2.05) is 19.9 Å². The molecule has 1 fully saturated rings. The van der Waals surface area contributed by atoms with Crippen molar-refractivity contribution in [2.75, 3.05) is 23.7 Å². The number of aromatic nitrogens is 3. The van der Waals surface area contributed by atoms with Crippen molar-refractivity contribution >= 4 is 15.8 Å². The summed E-state index contributed by atoms with van der Waals surface area (Å²) < 4.78 is 41.1. The molecule has 3 heterocycles. The van der Waals surface area contributed by atoms with Crippen LogP contribution in [0, 0.1) is 6.92 Å². The molecule has 8 nitrogen and oxygen atoms in total. The van der Waals surface area contributed by atoms with Gasteiger partial charge in [0.1, 0.15) is 17.2 Å². The third kappa shape index (κ3) is 4.40. The topological polar surface area (TPSA) is 95.3 Å². The van der Waals surface area contributed by atoms with Crippen LogP contribution in [0.15, 0.2) is 30.5 Å². The monoisotopic (exact) mass is 380 g/mol. The van der Waals surface area contributed by atoms with Crippen LogP contribution in [0.4, 0.5) is 5.82 Å². The molecule has 1 saturated heterocycles. The van der Waals surface area contributed by atoms with Crippen LogP contribution >= 0.6 is 0 Å². The van der Waals surface area contributed by atoms with Gasteiger partial charge in [0.15, 0.2) is 5.82 Å². The molecule has 26 heavy (non-hydrogen) atoms. The zero-order valence-electron chi connectivity index (χ0n) is 15.2. The van der Waals surface area contributed by atoms with Gasteiger partial charge in [0, 0.05) is 25.3 Å². The molecule has 0 radical (unpaired) electrons. The Hall–Kier alpha value is -1.97. The lowest BCUT2D eigenvalue weighted by Gasteiger charge is -2.29. The minimum Gasteiger partial charge on any atom is -0.378 e. The smallest absolute Gasteiger partial charge is 0.236 e. The predicted molar refractivity (Wildman–Crippen MR) is 97.9 cm³/mol. The first-order chi connectivity index (χ1) is 12.3. The number of hydrogen-bond acceptors (Lipinski definition) is 6. The van der Waals surface area contributed by atoms with Crippen molar-refractivity contribution in [1.82, 2.24) is 14.8 Å². The van der Waals surface area contributed by atoms with Gasteiger partial charge < -0.3 is 9.47 Å². The van der Waals surface area contributed by atoms with E-state index in [9.17, 15) is 8.42 Å². The van der Waals surface area contributed by atoms with Gasteiger partial charge in [-0.1, -0.05) is 6.07 Å². The Morgan fingerprint density at radius 3 is 2.85 bits per heavy atom. The molecule has 9 heteroatoms. The first-order valence-corrected chi connectivity index (χ1v) is 10.2. The fourth-order valence-corrected chi connectivity index (χ4v) is 4.62. The maximum absolute atomic E-state index is 12.8. The van der Waals surface area contributed by atoms with Crippen LogP contribution in [0.2, 0.25) is 0 Å². The van der Waals surface area contributed by atoms with Gasteiger partial charge in [-0.3, -0.25) is 4.72 Å². The molecular weight excluding hydrogens is 356 g/mol. The van der Waals surface area contributed by atoms with Crippen LogP contribution < -0.4 is 4.72 Å². The summed E-state index contributed by atoms with van der Waals surface area (Å²) in [7, 11) is -3.68. The first kappa shape index (κ1) is 18.8. The largest absolute Gasteiger partial charge is 0.378 e. The zero-order chi connectivity index (χ0) is 18.8. The standard InChI is InChI=1S/C17H24N4O4S/c1-13(2)25-17(7-9-24-11-17)12-26(22,23)20-16-10-14(3)19-21(16)15-6-4-5-8-18-15/h4-6,8,10,13,20H,7,9,11-12H2,1-3H3. The highest BCUT2D eigenvalue weighted by molar-refractivity contribution is 7.92. The number of aryl methyl sites for hydroxylation is 1. The molecule has 1 N–H and O–H groups in total. The van der Waals surface area contributed by atoms with E-state index in [1.54, 1.807) is 31.3 Å². The molecule has 142 valence electrons. The molecule has 2 aromatic heterocycles. The van der Waals surface area contributed by atoms with Gasteiger partial charge >= 0.3 is 0 Å². The van der Waals surface area contributed by atoms with Gasteiger partial charge in [-0.2, -0.15) is 9.78 Å². The maximum atomic E-state index is 12.8. The number of pyridine rings is 1. The van der Waals surface area contributed by atoms with Crippen LogP contribution in [-0.2, 0) is 19.5 Å². The summed E-state index contributed by atoms with van der Waals surface area (Å²) in [4.78, 5) is 4.23. The molecule has 0 spiro atoms. The van der Waals surface area contributed by atoms with Crippen LogP contribution in [-0.4, -0.2) is 53.9 Å². The third-order valence-electron chi connectivity index (χ3n) is 3.96. The minimum atomic E-state index is -3.68. The lowest BCUT2D eigenvalue weighted by atomic mass is 10.1. The molecule has 1 unspecified atom stereocenters. The second kappa shape index (κ2) is 7.34. The highest BCUT2D eigenvalue weighted by Gasteiger charge is 2.41. The molecule has 0 aliphatic carbocycles. The Bertz CT molecular complexity index is 843. The Morgan fingerprint density at radius 2 is 2.23 bits per heavy atom. The van der Waals surface area contributed by atoms with E-state index in [0.717, 1.165) is 0 Å². The van der Waals surface area contributed by atoms with Crippen molar-refractivity contribution in [2.24, 2.45) is 0 Å². The molecule has 1 aliphatic rings. The molecule has 0 amide bonds. The van der Waals surface area contributed by atoms with Crippen LogP contribution in [0.1, 0.15) is 26.0 Å². The number of sulfonamides is 1. The molecule has 2 aromatic rings. The van der Waals surface area contributed by atoms with Gasteiger partial charge in [0.2, 0.25) is 10.0 Å². The summed E-state index contributed by atoms with van der Waals surface area (Å²) in [6.07, 6.45) is 2.09. The predicted octanol–water partition coefficient (Wildman–Crippen LogP) is 1.90. The molecule has 3 rings (SSSR count). The number of rotatable bonds is 7. The molecule has 0 aromatic carbocycles. The fourth-order valence-electron chi connectivity index (χ4n) is 3.10. The second-order valence-corrected chi connectivity index (χ2v) is 8.51. The highest BCUT2D eigenvalue weighted by Crippen LogP contribution is 2.28. The van der Waals surface area contributed by atoms with Crippen molar-refractivity contribution in [1.29, 1.82) is 0 Å². The Balaban J connectivity index is 1.84. The normalized spacial score (nSPS) is 20.6. The Morgan fingerprint density at radius 1 is 1.42 bits per heavy atom. The molecule has 1 aliphatic heterocycles. The lowest BCUT2D eigenvalue weighted by molar-refractivity contribution is -0.0669. The summed E-state index contributed by atoms with van der Waals surface area (Å²) in [6, 6.07) is 7.04. The fraction of sp³-hybridized carbons (Fsp3) is 0.529. The van der Waals surface area contributed by atoms with Gasteiger partial charge in [-0.25, -0.2) is 13.4 Å². The summed E-state index contributed by atoms with van der Waals surface area (Å²) in [5.74, 6) is 0.709. The summed E-state index contributed by atoms with van der Waals surface area (Å²) >= 11 is 0. The number of nitrogens with one attached hydrogen (secondary N) is 1. The number of nitrogens with zero attached hydrogens (tertiary/aromatic N) is 3. The summed E-state index contributed by atoms with van der Waals surface area (Å²) in [5, 5.41) is 4.33. The van der Waals surface area contributed by atoms with Gasteiger partial charge in [-0.15, -0.1) is 0 Å². The van der Waals surface area contributed by atoms with Crippen LogP contribution in [0.5, 0.6) is 0 Å². The first-order valence-electron chi connectivity index (χ1n) is 8.53. The van der Waals surface area contributed by atoms with E-state index in [2.05, 4.69) is 14.8 Å². The van der Waals surface area contributed by atoms with Gasteiger partial charge in [-0.05, 0) is 32.9 Å². The Kier molecular flexibility index (Phi) is 5.31. The molecule has 0 saturated carbocycles. The average Bonchev–Trinajstić information content (AvgIpc) is 3.13. The van der Waals surface area contributed by atoms with E-state index >= 15 is 0 Å². The maximum Gasteiger partial charge on any atom is 0.236 e. The van der Waals surface area contributed by atoms with Crippen molar-refractivity contribution < 1.29 is 17.9 Å². The average molecular weight is 380 g/mol. The van der Waals surface area contributed by atoms with Crippen molar-refractivity contribution in [2.45, 2.75) is 38.9 Å². The highest BCUT2D eigenvalue weighted by atomic mass is 32.2. The van der Waals surface area contributed by atoms with Crippen LogP contribution in [0.25, 0.3) is 5.82 Å². The Labute approximate surface area is 153 Å². The van der Waals surface area contributed by atoms with Gasteiger partial charge in [0.05, 0.1) is 18.4 Å². The van der Waals surface area contributed by atoms with E-state index in [-0.39, 0.29) is 18.5 Å². The lowest BCUT2D eigenvalue weighted by Crippen LogP contribution is -2.44. The number of hydrogen-bond donors (Lipinski definition) is 1. The minimum absolute atomic E-state index is 0.0896. The van der Waals surface area contributed by atoms with Crippen LogP contribution in [0.3, 0.4) is 0 Å². The number of anilines is 1. The van der Waals surface area contributed by atoms with E-state index < -0.39 is 15.6 Å². The van der Waals surface area contributed by atoms with Gasteiger partial charge in [0.25, 0.3) is 0 Å². The quantitative estimate of drug-likeness (QED) is 0.788. The molecule has 0 bridgehead atoms. The second-order valence-electron chi connectivity index (χ2n) is 6.78. The van der Waals surface area contributed by atoms with E-state index in [0.29, 0.717) is 30.4 Å². The third-order valence-corrected chi connectivity index (χ3v) is 5.39. The van der Waals surface area contributed by atoms with Crippen molar-refractivity contribution in [3.63, 3.8) is 0 Å². The summed E-state index contributed by atoms with van der Waals surface area (Å²) in [5.41, 5.74) is -0.143. The molecular formula is C17H24N4O4S. The number of ether oxygens (including phenoxy) is 2. The summed E-state index contributed by atoms with van der Waals surface area (Å²) in [6.45, 7) is 6.34. The molecule has 1 atom stereocenters. The van der Waals surface area contributed by atoms with Crippen molar-refractivity contribution in [3.8, 4) is 5.82 Å². The van der Waals surface area contributed by atoms with E-state index in [4.69, 9.17) is 9.47 Å².